The molecule has 0 aromatic rings. The Kier molecular flexibility index (Phi) is 2.83. The number of hydrogen-bond acceptors (Lipinski definition) is 0. The number of fused-ring (bicyclic) bond motifs is 3. The molecule has 0 spiro atoms. The molecule has 4 atom stereocenters. The highest BCUT2D eigenvalue weighted by Crippen LogP contribution is 2.39. The summed E-state index contributed by atoms with van der Waals surface area (Å²) in [6.07, 6.45) is 0. The lowest BCUT2D eigenvalue weighted by Crippen LogP contribution is -2.80. The third-order valence-electron chi connectivity index (χ3n) is 5.01. The van der Waals surface area contributed by atoms with Crippen LogP contribution in [0.4, 0.5) is 4.48 Å². The fourth-order valence-electron chi connectivity index (χ4n) is 3.94. The van der Waals surface area contributed by atoms with Crippen LogP contribution >= 0.6 is 0 Å². The zero-order valence-corrected chi connectivity index (χ0v) is 11.4. The molecule has 0 N–H and O–H groups in total. The van der Waals surface area contributed by atoms with Gasteiger partial charge < -0.3 is 4.48 Å². The standard InChI is InChI=1S/C13H27FN2/c1-10(2)12-9-16(14)7-6-15(12,5)8-13(16)11(3)4/h10-13H,6-9H2,1-5H3/q+2. The molecule has 0 aliphatic carbocycles. The third kappa shape index (κ3) is 1.68. The first kappa shape index (κ1) is 12.3. The Morgan fingerprint density at radius 1 is 0.938 bits per heavy atom. The molecule has 3 fully saturated rings. The topological polar surface area (TPSA) is 0 Å². The average Bonchev–Trinajstić information content (AvgIpc) is 2.18. The van der Waals surface area contributed by atoms with Gasteiger partial charge in [-0.1, -0.05) is 27.7 Å². The Hall–Kier alpha value is -0.150. The van der Waals surface area contributed by atoms with Crippen LogP contribution in [0, 0.1) is 11.8 Å². The average molecular weight is 230 g/mol. The first-order valence-corrected chi connectivity index (χ1v) is 6.69. The largest absolute Gasteiger partial charge is 0.309 e. The van der Waals surface area contributed by atoms with Gasteiger partial charge in [-0.15, -0.1) is 4.71 Å². The summed E-state index contributed by atoms with van der Waals surface area (Å²) in [6, 6.07) is 0.725. The Bertz CT molecular complexity index is 251. The van der Waals surface area contributed by atoms with Gasteiger partial charge in [-0.25, -0.2) is 0 Å². The van der Waals surface area contributed by atoms with Crippen molar-refractivity contribution < 1.29 is 13.7 Å². The van der Waals surface area contributed by atoms with E-state index < -0.39 is 0 Å². The molecule has 3 heterocycles. The summed E-state index contributed by atoms with van der Waals surface area (Å²) in [5.41, 5.74) is 0. The predicted molar refractivity (Wildman–Crippen MR) is 64.3 cm³/mol. The number of quaternary nitrogens is 2. The van der Waals surface area contributed by atoms with E-state index in [1.165, 1.54) is 0 Å². The van der Waals surface area contributed by atoms with Crippen molar-refractivity contribution >= 4 is 0 Å². The number of halogens is 1. The number of hydrogen-bond donors (Lipinski definition) is 0. The highest BCUT2D eigenvalue weighted by molar-refractivity contribution is 4.78. The van der Waals surface area contributed by atoms with Gasteiger partial charge in [0.1, 0.15) is 19.1 Å². The molecule has 3 saturated heterocycles. The summed E-state index contributed by atoms with van der Waals surface area (Å²) >= 11 is 0. The summed E-state index contributed by atoms with van der Waals surface area (Å²) in [6.45, 7) is 12.3. The summed E-state index contributed by atoms with van der Waals surface area (Å²) in [7, 11) is 2.34. The molecular weight excluding hydrogens is 203 g/mol. The van der Waals surface area contributed by atoms with Crippen LogP contribution in [0.25, 0.3) is 0 Å². The number of nitrogens with zero attached hydrogens (tertiary/aromatic N) is 2. The van der Waals surface area contributed by atoms with Gasteiger partial charge in [0.2, 0.25) is 0 Å². The van der Waals surface area contributed by atoms with Crippen molar-refractivity contribution in [3.8, 4) is 0 Å². The van der Waals surface area contributed by atoms with Crippen LogP contribution in [0.1, 0.15) is 27.7 Å². The van der Waals surface area contributed by atoms with Crippen LogP contribution in [0.3, 0.4) is 0 Å². The van der Waals surface area contributed by atoms with Crippen molar-refractivity contribution in [3.05, 3.63) is 0 Å². The van der Waals surface area contributed by atoms with E-state index in [1.807, 2.05) is 0 Å². The van der Waals surface area contributed by atoms with E-state index in [9.17, 15) is 4.48 Å². The van der Waals surface area contributed by atoms with Crippen molar-refractivity contribution in [2.24, 2.45) is 11.8 Å². The van der Waals surface area contributed by atoms with E-state index in [-0.39, 0.29) is 10.7 Å². The Labute approximate surface area is 99.1 Å². The maximum Gasteiger partial charge on any atom is 0.176 e. The monoisotopic (exact) mass is 230 g/mol. The van der Waals surface area contributed by atoms with Crippen LogP contribution in [0.15, 0.2) is 0 Å². The lowest BCUT2D eigenvalue weighted by molar-refractivity contribution is -1.17. The second-order valence-electron chi connectivity index (χ2n) is 6.84. The second-order valence-corrected chi connectivity index (χ2v) is 6.84. The highest BCUT2D eigenvalue weighted by atomic mass is 19.2. The van der Waals surface area contributed by atoms with Crippen molar-refractivity contribution in [1.29, 1.82) is 0 Å². The fraction of sp³-hybridized carbons (Fsp3) is 1.00. The maximum atomic E-state index is 15.0. The predicted octanol–water partition coefficient (Wildman–Crippen LogP) is 2.21. The molecular formula is C13H27FN2+2. The summed E-state index contributed by atoms with van der Waals surface area (Å²) in [5.74, 6) is 1.04. The van der Waals surface area contributed by atoms with Gasteiger partial charge in [0.25, 0.3) is 0 Å². The molecule has 16 heavy (non-hydrogen) atoms. The zero-order valence-electron chi connectivity index (χ0n) is 11.4. The van der Waals surface area contributed by atoms with Gasteiger partial charge >= 0.3 is 0 Å². The van der Waals surface area contributed by atoms with E-state index in [0.717, 1.165) is 30.7 Å². The van der Waals surface area contributed by atoms with Gasteiger partial charge in [0.15, 0.2) is 19.1 Å². The molecule has 3 aliphatic rings. The van der Waals surface area contributed by atoms with Crippen LogP contribution in [0.5, 0.6) is 0 Å². The van der Waals surface area contributed by atoms with E-state index in [1.54, 1.807) is 0 Å². The lowest BCUT2D eigenvalue weighted by Gasteiger charge is -2.58. The molecule has 2 bridgehead atoms. The molecule has 0 amide bonds. The van der Waals surface area contributed by atoms with Gasteiger partial charge in [-0.2, -0.15) is 0 Å². The number of piperazine rings is 3. The Balaban J connectivity index is 2.27. The molecule has 3 aliphatic heterocycles. The van der Waals surface area contributed by atoms with Crippen LogP contribution in [-0.2, 0) is 0 Å². The Morgan fingerprint density at radius 2 is 1.50 bits per heavy atom. The lowest BCUT2D eigenvalue weighted by atomic mass is 9.87. The molecule has 3 rings (SSSR count). The van der Waals surface area contributed by atoms with E-state index in [2.05, 4.69) is 34.7 Å². The van der Waals surface area contributed by atoms with E-state index in [4.69, 9.17) is 0 Å². The van der Waals surface area contributed by atoms with Crippen molar-refractivity contribution in [1.82, 2.24) is 0 Å². The molecule has 0 aromatic carbocycles. The molecule has 94 valence electrons. The minimum absolute atomic E-state index is 0.158. The Morgan fingerprint density at radius 3 is 2.00 bits per heavy atom. The molecule has 0 saturated carbocycles. The first-order valence-electron chi connectivity index (χ1n) is 6.69. The van der Waals surface area contributed by atoms with E-state index in [0.29, 0.717) is 17.9 Å². The second kappa shape index (κ2) is 3.67. The zero-order chi connectivity index (χ0) is 12.1. The molecule has 3 heteroatoms. The minimum atomic E-state index is -0.158. The van der Waals surface area contributed by atoms with Gasteiger partial charge in [-0.3, -0.25) is 0 Å². The summed E-state index contributed by atoms with van der Waals surface area (Å²) in [5, 5.41) is 0. The van der Waals surface area contributed by atoms with Crippen molar-refractivity contribution in [2.75, 3.05) is 33.2 Å². The van der Waals surface area contributed by atoms with Gasteiger partial charge in [-0.05, 0) is 4.48 Å². The smallest absolute Gasteiger partial charge is 0.176 e. The maximum absolute atomic E-state index is 15.0. The molecule has 0 radical (unpaired) electrons. The SMILES string of the molecule is CC(C)C1C[N+]2(F)CC[N+]1(C)CC2C(C)C. The first-order chi connectivity index (χ1) is 7.28. The minimum Gasteiger partial charge on any atom is -0.309 e. The van der Waals surface area contributed by atoms with E-state index >= 15 is 0 Å². The fourth-order valence-corrected chi connectivity index (χ4v) is 3.94. The third-order valence-corrected chi connectivity index (χ3v) is 5.01. The van der Waals surface area contributed by atoms with Crippen LogP contribution in [-0.4, -0.2) is 54.5 Å². The van der Waals surface area contributed by atoms with Crippen molar-refractivity contribution in [3.63, 3.8) is 0 Å². The van der Waals surface area contributed by atoms with Crippen molar-refractivity contribution in [2.45, 2.75) is 39.8 Å². The van der Waals surface area contributed by atoms with Crippen LogP contribution in [0.2, 0.25) is 0 Å². The summed E-state index contributed by atoms with van der Waals surface area (Å²) in [4.78, 5) is 0. The molecule has 2 nitrogen and oxygen atoms in total. The number of rotatable bonds is 2. The summed E-state index contributed by atoms with van der Waals surface area (Å²) < 4.78 is 15.9. The van der Waals surface area contributed by atoms with Crippen LogP contribution < -0.4 is 0 Å². The molecule has 0 aromatic heterocycles. The normalized spacial score (nSPS) is 48.0. The quantitative estimate of drug-likeness (QED) is 0.504. The molecule has 4 unspecified atom stereocenters. The number of likely N-dealkylation sites (N-methyl/N-ethyl adjacent to an activating group) is 1. The highest BCUT2D eigenvalue weighted by Gasteiger charge is 2.61. The van der Waals surface area contributed by atoms with Gasteiger partial charge in [0.05, 0.1) is 7.05 Å². The van der Waals surface area contributed by atoms with Gasteiger partial charge in [0, 0.05) is 11.8 Å².